The molecule has 0 spiro atoms. The molecule has 0 atom stereocenters. The number of benzene rings is 2. The second-order valence-electron chi connectivity index (χ2n) is 7.55. The molecule has 0 aliphatic rings. The van der Waals surface area contributed by atoms with E-state index in [1.807, 2.05) is 36.4 Å². The van der Waals surface area contributed by atoms with E-state index in [1.165, 1.54) is 12.0 Å². The van der Waals surface area contributed by atoms with Gasteiger partial charge in [0, 0.05) is 30.6 Å². The number of para-hydroxylation sites is 2. The van der Waals surface area contributed by atoms with Gasteiger partial charge >= 0.3 is 5.97 Å². The van der Waals surface area contributed by atoms with Crippen molar-refractivity contribution in [2.45, 2.75) is 19.3 Å². The lowest BCUT2D eigenvalue weighted by molar-refractivity contribution is -0.118. The molecule has 6 nitrogen and oxygen atoms in total. The number of nitrogens with zero attached hydrogens (tertiary/aromatic N) is 2. The van der Waals surface area contributed by atoms with Crippen molar-refractivity contribution in [3.63, 3.8) is 0 Å². The number of hydrogen-bond acceptors (Lipinski definition) is 4. The van der Waals surface area contributed by atoms with Crippen LogP contribution in [-0.4, -0.2) is 36.0 Å². The van der Waals surface area contributed by atoms with Gasteiger partial charge in [-0.05, 0) is 48.7 Å². The molecule has 2 heterocycles. The Balaban J connectivity index is 1.52. The first-order valence-corrected chi connectivity index (χ1v) is 10.5. The van der Waals surface area contributed by atoms with E-state index < -0.39 is 5.97 Å². The van der Waals surface area contributed by atoms with Gasteiger partial charge < -0.3 is 14.6 Å². The van der Waals surface area contributed by atoms with Crippen molar-refractivity contribution in [1.82, 2.24) is 9.97 Å². The van der Waals surface area contributed by atoms with Gasteiger partial charge in [0.25, 0.3) is 0 Å². The summed E-state index contributed by atoms with van der Waals surface area (Å²) in [6.45, 7) is 0. The third kappa shape index (κ3) is 4.25. The first kappa shape index (κ1) is 21.3. The van der Waals surface area contributed by atoms with Gasteiger partial charge in [0.05, 0.1) is 29.7 Å². The number of rotatable bonds is 7. The zero-order chi connectivity index (χ0) is 22.5. The summed E-state index contributed by atoms with van der Waals surface area (Å²) in [5, 5.41) is 1.14. The zero-order valence-electron chi connectivity index (χ0n) is 18.2. The van der Waals surface area contributed by atoms with Crippen LogP contribution >= 0.6 is 0 Å². The Bertz CT molecular complexity index is 1250. The van der Waals surface area contributed by atoms with Crippen LogP contribution in [0.5, 0.6) is 0 Å². The van der Waals surface area contributed by atoms with E-state index in [1.54, 1.807) is 37.5 Å². The number of carbonyl (C=O) groups is 2. The van der Waals surface area contributed by atoms with Gasteiger partial charge in [-0.1, -0.05) is 36.4 Å². The molecule has 0 aliphatic carbocycles. The standard InChI is InChI=1S/C26H25N3O3/c1-29(23-15-6-4-11-20(23)26(31)32-2)24(30)16-9-12-19-18-10-3-5-13-21(18)28-25(19)22-14-7-8-17-27-22/h3-8,10-11,13-15,17,28H,9,12,16H2,1-2H3. The minimum atomic E-state index is -0.459. The highest BCUT2D eigenvalue weighted by molar-refractivity contribution is 6.02. The van der Waals surface area contributed by atoms with Crippen LogP contribution in [0.3, 0.4) is 0 Å². The minimum absolute atomic E-state index is 0.0550. The van der Waals surface area contributed by atoms with Crippen molar-refractivity contribution < 1.29 is 14.3 Å². The number of aromatic nitrogens is 2. The lowest BCUT2D eigenvalue weighted by Gasteiger charge is -2.20. The highest BCUT2D eigenvalue weighted by Gasteiger charge is 2.19. The first-order chi connectivity index (χ1) is 15.6. The number of aromatic amines is 1. The van der Waals surface area contributed by atoms with E-state index in [0.29, 0.717) is 24.1 Å². The Morgan fingerprint density at radius 1 is 1.00 bits per heavy atom. The number of ether oxygens (including phenoxy) is 1. The summed E-state index contributed by atoms with van der Waals surface area (Å²) in [5.74, 6) is -0.514. The van der Waals surface area contributed by atoms with E-state index in [0.717, 1.165) is 34.3 Å². The normalized spacial score (nSPS) is 10.8. The molecule has 4 aromatic rings. The summed E-state index contributed by atoms with van der Waals surface area (Å²) in [4.78, 5) is 34.5. The summed E-state index contributed by atoms with van der Waals surface area (Å²) < 4.78 is 4.85. The van der Waals surface area contributed by atoms with Gasteiger partial charge in [-0.2, -0.15) is 0 Å². The number of anilines is 1. The van der Waals surface area contributed by atoms with Crippen LogP contribution in [0.15, 0.2) is 72.9 Å². The highest BCUT2D eigenvalue weighted by Crippen LogP contribution is 2.30. The van der Waals surface area contributed by atoms with Crippen molar-refractivity contribution in [3.8, 4) is 11.4 Å². The van der Waals surface area contributed by atoms with Crippen molar-refractivity contribution in [3.05, 3.63) is 84.1 Å². The summed E-state index contributed by atoms with van der Waals surface area (Å²) in [6, 6.07) is 21.0. The third-order valence-electron chi connectivity index (χ3n) is 5.60. The van der Waals surface area contributed by atoms with Gasteiger partial charge in [-0.15, -0.1) is 0 Å². The summed E-state index contributed by atoms with van der Waals surface area (Å²) in [7, 11) is 3.02. The quantitative estimate of drug-likeness (QED) is 0.421. The Labute approximate surface area is 186 Å². The van der Waals surface area contributed by atoms with Crippen molar-refractivity contribution in [2.75, 3.05) is 19.1 Å². The van der Waals surface area contributed by atoms with Crippen molar-refractivity contribution in [2.24, 2.45) is 0 Å². The zero-order valence-corrected chi connectivity index (χ0v) is 18.2. The van der Waals surface area contributed by atoms with E-state index in [9.17, 15) is 9.59 Å². The van der Waals surface area contributed by atoms with Crippen LogP contribution < -0.4 is 4.90 Å². The van der Waals surface area contributed by atoms with Crippen LogP contribution in [0.1, 0.15) is 28.8 Å². The van der Waals surface area contributed by atoms with Crippen molar-refractivity contribution >= 4 is 28.5 Å². The van der Waals surface area contributed by atoms with Gasteiger partial charge in [0.1, 0.15) is 0 Å². The fraction of sp³-hybridized carbons (Fsp3) is 0.192. The number of pyridine rings is 1. The molecule has 2 aromatic carbocycles. The number of H-pyrrole nitrogens is 1. The Hall–Kier alpha value is -3.93. The number of hydrogen-bond donors (Lipinski definition) is 1. The maximum Gasteiger partial charge on any atom is 0.339 e. The van der Waals surface area contributed by atoms with Gasteiger partial charge in [-0.3, -0.25) is 9.78 Å². The molecule has 162 valence electrons. The number of esters is 1. The van der Waals surface area contributed by atoms with Gasteiger partial charge in [0.2, 0.25) is 5.91 Å². The summed E-state index contributed by atoms with van der Waals surface area (Å²) in [5.41, 5.74) is 5.01. The molecular weight excluding hydrogens is 402 g/mol. The lowest BCUT2D eigenvalue weighted by Crippen LogP contribution is -2.27. The molecule has 6 heteroatoms. The fourth-order valence-electron chi connectivity index (χ4n) is 3.96. The van der Waals surface area contributed by atoms with E-state index in [2.05, 4.69) is 16.0 Å². The minimum Gasteiger partial charge on any atom is -0.465 e. The molecule has 0 saturated heterocycles. The average molecular weight is 428 g/mol. The van der Waals surface area contributed by atoms with E-state index in [-0.39, 0.29) is 5.91 Å². The largest absolute Gasteiger partial charge is 0.465 e. The van der Waals surface area contributed by atoms with Gasteiger partial charge in [0.15, 0.2) is 0 Å². The molecule has 0 unspecified atom stereocenters. The monoisotopic (exact) mass is 427 g/mol. The van der Waals surface area contributed by atoms with Gasteiger partial charge in [-0.25, -0.2) is 4.79 Å². The summed E-state index contributed by atoms with van der Waals surface area (Å²) >= 11 is 0. The molecule has 0 radical (unpaired) electrons. The molecule has 0 saturated carbocycles. The number of methoxy groups -OCH3 is 1. The second kappa shape index (κ2) is 9.47. The number of carbonyl (C=O) groups excluding carboxylic acids is 2. The Morgan fingerprint density at radius 3 is 2.53 bits per heavy atom. The number of nitrogens with one attached hydrogen (secondary N) is 1. The first-order valence-electron chi connectivity index (χ1n) is 10.5. The molecule has 0 aliphatic heterocycles. The predicted molar refractivity (Wildman–Crippen MR) is 126 cm³/mol. The van der Waals surface area contributed by atoms with Crippen molar-refractivity contribution in [1.29, 1.82) is 0 Å². The molecule has 0 bridgehead atoms. The fourth-order valence-corrected chi connectivity index (χ4v) is 3.96. The third-order valence-corrected chi connectivity index (χ3v) is 5.60. The summed E-state index contributed by atoms with van der Waals surface area (Å²) in [6.07, 6.45) is 3.54. The lowest BCUT2D eigenvalue weighted by atomic mass is 10.0. The highest BCUT2D eigenvalue weighted by atomic mass is 16.5. The predicted octanol–water partition coefficient (Wildman–Crippen LogP) is 5.00. The number of fused-ring (bicyclic) bond motifs is 1. The molecule has 4 rings (SSSR count). The molecular formula is C26H25N3O3. The SMILES string of the molecule is COC(=O)c1ccccc1N(C)C(=O)CCCc1c(-c2ccccn2)[nH]c2ccccc12. The number of amides is 1. The van der Waals surface area contributed by atoms with E-state index >= 15 is 0 Å². The maximum absolute atomic E-state index is 12.9. The van der Waals surface area contributed by atoms with Crippen LogP contribution in [0, 0.1) is 0 Å². The molecule has 1 amide bonds. The smallest absolute Gasteiger partial charge is 0.339 e. The second-order valence-corrected chi connectivity index (χ2v) is 7.55. The van der Waals surface area contributed by atoms with E-state index in [4.69, 9.17) is 4.74 Å². The van der Waals surface area contributed by atoms with Crippen LogP contribution in [-0.2, 0) is 16.0 Å². The molecule has 32 heavy (non-hydrogen) atoms. The van der Waals surface area contributed by atoms with Crippen LogP contribution in [0.4, 0.5) is 5.69 Å². The Kier molecular flexibility index (Phi) is 6.31. The maximum atomic E-state index is 12.9. The molecule has 1 N–H and O–H groups in total. The molecule has 2 aromatic heterocycles. The molecule has 0 fully saturated rings. The average Bonchev–Trinajstić information content (AvgIpc) is 3.22. The van der Waals surface area contributed by atoms with Crippen LogP contribution in [0.25, 0.3) is 22.3 Å². The van der Waals surface area contributed by atoms with Crippen LogP contribution in [0.2, 0.25) is 0 Å². The number of aryl methyl sites for hydroxylation is 1. The Morgan fingerprint density at radius 2 is 1.75 bits per heavy atom. The topological polar surface area (TPSA) is 75.3 Å².